The van der Waals surface area contributed by atoms with Crippen LogP contribution in [0.25, 0.3) is 0 Å². The number of nitrogens with zero attached hydrogens (tertiary/aromatic N) is 1. The highest BCUT2D eigenvalue weighted by atomic mass is 16.5. The van der Waals surface area contributed by atoms with Crippen molar-refractivity contribution in [2.75, 3.05) is 12.8 Å². The standard InChI is InChI=1S/C14H14N2O3/c1-9-4-3-7-16-13(9)19-10-5-6-12(15)11(8-10)14(17)18-2/h3-8H,15H2,1-2H3. The molecule has 0 radical (unpaired) electrons. The number of aryl methyl sites for hydroxylation is 1. The van der Waals surface area contributed by atoms with E-state index in [-0.39, 0.29) is 5.56 Å². The summed E-state index contributed by atoms with van der Waals surface area (Å²) in [6.07, 6.45) is 1.64. The van der Waals surface area contributed by atoms with Crippen LogP contribution in [0.1, 0.15) is 15.9 Å². The van der Waals surface area contributed by atoms with Gasteiger partial charge in [0, 0.05) is 17.4 Å². The molecule has 0 atom stereocenters. The van der Waals surface area contributed by atoms with Gasteiger partial charge in [0.15, 0.2) is 0 Å². The molecule has 1 heterocycles. The van der Waals surface area contributed by atoms with Crippen LogP contribution >= 0.6 is 0 Å². The third kappa shape index (κ3) is 2.82. The van der Waals surface area contributed by atoms with E-state index in [0.29, 0.717) is 17.3 Å². The van der Waals surface area contributed by atoms with Crippen molar-refractivity contribution in [3.63, 3.8) is 0 Å². The predicted octanol–water partition coefficient (Wildman–Crippen LogP) is 2.55. The lowest BCUT2D eigenvalue weighted by Crippen LogP contribution is -2.05. The maximum atomic E-state index is 11.5. The Labute approximate surface area is 111 Å². The molecule has 0 spiro atoms. The summed E-state index contributed by atoms with van der Waals surface area (Å²) in [6, 6.07) is 8.52. The molecule has 0 bridgehead atoms. The number of hydrogen-bond acceptors (Lipinski definition) is 5. The lowest BCUT2D eigenvalue weighted by atomic mass is 10.1. The first kappa shape index (κ1) is 12.9. The second-order valence-electron chi connectivity index (χ2n) is 3.97. The first-order chi connectivity index (χ1) is 9.11. The number of methoxy groups -OCH3 is 1. The van der Waals surface area contributed by atoms with Gasteiger partial charge in [-0.1, -0.05) is 6.07 Å². The number of anilines is 1. The number of carbonyl (C=O) groups excluding carboxylic acids is 1. The smallest absolute Gasteiger partial charge is 0.340 e. The van der Waals surface area contributed by atoms with E-state index >= 15 is 0 Å². The summed E-state index contributed by atoms with van der Waals surface area (Å²) in [6.45, 7) is 1.89. The molecule has 2 N–H and O–H groups in total. The molecule has 0 fully saturated rings. The average Bonchev–Trinajstić information content (AvgIpc) is 2.42. The summed E-state index contributed by atoms with van der Waals surface area (Å²) in [5, 5.41) is 0. The van der Waals surface area contributed by atoms with Crippen molar-refractivity contribution in [3.8, 4) is 11.6 Å². The van der Waals surface area contributed by atoms with Crippen LogP contribution in [0.5, 0.6) is 11.6 Å². The molecule has 0 aliphatic heterocycles. The van der Waals surface area contributed by atoms with Crippen LogP contribution in [0.15, 0.2) is 36.5 Å². The molecular weight excluding hydrogens is 244 g/mol. The number of aromatic nitrogens is 1. The average molecular weight is 258 g/mol. The van der Waals surface area contributed by atoms with Crippen molar-refractivity contribution >= 4 is 11.7 Å². The van der Waals surface area contributed by atoms with Gasteiger partial charge in [0.05, 0.1) is 12.7 Å². The van der Waals surface area contributed by atoms with Crippen molar-refractivity contribution in [2.24, 2.45) is 0 Å². The number of nitrogens with two attached hydrogens (primary N) is 1. The van der Waals surface area contributed by atoms with Gasteiger partial charge in [-0.3, -0.25) is 0 Å². The zero-order valence-electron chi connectivity index (χ0n) is 10.7. The first-order valence-corrected chi connectivity index (χ1v) is 5.69. The van der Waals surface area contributed by atoms with Crippen molar-refractivity contribution < 1.29 is 14.3 Å². The molecular formula is C14H14N2O3. The van der Waals surface area contributed by atoms with E-state index in [1.54, 1.807) is 18.3 Å². The lowest BCUT2D eigenvalue weighted by molar-refractivity contribution is 0.0601. The first-order valence-electron chi connectivity index (χ1n) is 5.69. The van der Waals surface area contributed by atoms with E-state index in [2.05, 4.69) is 9.72 Å². The molecule has 0 saturated heterocycles. The monoisotopic (exact) mass is 258 g/mol. The fourth-order valence-corrected chi connectivity index (χ4v) is 1.58. The second kappa shape index (κ2) is 5.39. The Morgan fingerprint density at radius 1 is 1.32 bits per heavy atom. The summed E-state index contributed by atoms with van der Waals surface area (Å²) < 4.78 is 10.3. The van der Waals surface area contributed by atoms with Crippen LogP contribution in [0.4, 0.5) is 5.69 Å². The number of nitrogen functional groups attached to an aromatic ring is 1. The largest absolute Gasteiger partial charge is 0.465 e. The van der Waals surface area contributed by atoms with E-state index in [9.17, 15) is 4.79 Å². The number of benzene rings is 1. The summed E-state index contributed by atoms with van der Waals surface area (Å²) in [7, 11) is 1.30. The molecule has 1 aromatic carbocycles. The molecule has 0 amide bonds. The molecule has 1 aromatic heterocycles. The Kier molecular flexibility index (Phi) is 3.66. The Hall–Kier alpha value is -2.56. The number of ether oxygens (including phenoxy) is 2. The van der Waals surface area contributed by atoms with Gasteiger partial charge in [-0.25, -0.2) is 9.78 Å². The quantitative estimate of drug-likeness (QED) is 0.676. The molecule has 98 valence electrons. The minimum Gasteiger partial charge on any atom is -0.465 e. The maximum absolute atomic E-state index is 11.5. The Bertz CT molecular complexity index is 611. The molecule has 5 heteroatoms. The van der Waals surface area contributed by atoms with Crippen LogP contribution in [0.3, 0.4) is 0 Å². The molecule has 0 aliphatic rings. The fraction of sp³-hybridized carbons (Fsp3) is 0.143. The lowest BCUT2D eigenvalue weighted by Gasteiger charge is -2.09. The minimum absolute atomic E-state index is 0.272. The summed E-state index contributed by atoms with van der Waals surface area (Å²) in [5.74, 6) is 0.472. The van der Waals surface area contributed by atoms with Gasteiger partial charge in [0.1, 0.15) is 5.75 Å². The van der Waals surface area contributed by atoms with Gasteiger partial charge >= 0.3 is 5.97 Å². The SMILES string of the molecule is COC(=O)c1cc(Oc2ncccc2C)ccc1N. The summed E-state index contributed by atoms with van der Waals surface area (Å²) >= 11 is 0. The fourth-order valence-electron chi connectivity index (χ4n) is 1.58. The van der Waals surface area contributed by atoms with E-state index in [1.807, 2.05) is 19.1 Å². The van der Waals surface area contributed by atoms with E-state index < -0.39 is 5.97 Å². The van der Waals surface area contributed by atoms with Gasteiger partial charge in [-0.2, -0.15) is 0 Å². The Balaban J connectivity index is 2.32. The highest BCUT2D eigenvalue weighted by molar-refractivity contribution is 5.95. The van der Waals surface area contributed by atoms with Crippen LogP contribution in [-0.2, 0) is 4.74 Å². The normalized spacial score (nSPS) is 10.0. The number of esters is 1. The zero-order valence-corrected chi connectivity index (χ0v) is 10.7. The molecule has 0 unspecified atom stereocenters. The topological polar surface area (TPSA) is 74.4 Å². The van der Waals surface area contributed by atoms with Crippen LogP contribution in [0, 0.1) is 6.92 Å². The number of pyridine rings is 1. The molecule has 5 nitrogen and oxygen atoms in total. The Morgan fingerprint density at radius 2 is 2.11 bits per heavy atom. The van der Waals surface area contributed by atoms with E-state index in [4.69, 9.17) is 10.5 Å². The number of rotatable bonds is 3. The van der Waals surface area contributed by atoms with Crippen molar-refractivity contribution in [2.45, 2.75) is 6.92 Å². The minimum atomic E-state index is -0.499. The molecule has 2 rings (SSSR count). The number of hydrogen-bond donors (Lipinski definition) is 1. The van der Waals surface area contributed by atoms with Crippen LogP contribution in [0.2, 0.25) is 0 Å². The third-order valence-electron chi connectivity index (χ3n) is 2.61. The van der Waals surface area contributed by atoms with Crippen LogP contribution in [-0.4, -0.2) is 18.1 Å². The highest BCUT2D eigenvalue weighted by Gasteiger charge is 2.12. The van der Waals surface area contributed by atoms with Gasteiger partial charge < -0.3 is 15.2 Å². The molecule has 19 heavy (non-hydrogen) atoms. The van der Waals surface area contributed by atoms with E-state index in [1.165, 1.54) is 13.2 Å². The van der Waals surface area contributed by atoms with Crippen molar-refractivity contribution in [1.29, 1.82) is 0 Å². The predicted molar refractivity (Wildman–Crippen MR) is 71.2 cm³/mol. The van der Waals surface area contributed by atoms with Crippen molar-refractivity contribution in [3.05, 3.63) is 47.7 Å². The van der Waals surface area contributed by atoms with Gasteiger partial charge in [0.2, 0.25) is 5.88 Å². The zero-order chi connectivity index (χ0) is 13.8. The van der Waals surface area contributed by atoms with Gasteiger partial charge in [-0.05, 0) is 31.2 Å². The van der Waals surface area contributed by atoms with Gasteiger partial charge in [-0.15, -0.1) is 0 Å². The molecule has 0 aliphatic carbocycles. The van der Waals surface area contributed by atoms with Crippen molar-refractivity contribution in [1.82, 2.24) is 4.98 Å². The van der Waals surface area contributed by atoms with Gasteiger partial charge in [0.25, 0.3) is 0 Å². The molecule has 2 aromatic rings. The Morgan fingerprint density at radius 3 is 2.79 bits per heavy atom. The van der Waals surface area contributed by atoms with Crippen LogP contribution < -0.4 is 10.5 Å². The summed E-state index contributed by atoms with van der Waals surface area (Å²) in [4.78, 5) is 15.7. The number of carbonyl (C=O) groups is 1. The second-order valence-corrected chi connectivity index (χ2v) is 3.97. The maximum Gasteiger partial charge on any atom is 0.340 e. The summed E-state index contributed by atoms with van der Waals surface area (Å²) in [5.41, 5.74) is 7.24. The highest BCUT2D eigenvalue weighted by Crippen LogP contribution is 2.26. The van der Waals surface area contributed by atoms with E-state index in [0.717, 1.165) is 5.56 Å². The third-order valence-corrected chi connectivity index (χ3v) is 2.61. The molecule has 0 saturated carbocycles.